The van der Waals surface area contributed by atoms with Crippen LogP contribution in [0.5, 0.6) is 0 Å². The van der Waals surface area contributed by atoms with E-state index in [1.807, 2.05) is 36.5 Å². The summed E-state index contributed by atoms with van der Waals surface area (Å²) in [5.41, 5.74) is 3.24. The zero-order valence-electron chi connectivity index (χ0n) is 19.6. The number of benzene rings is 1. The number of carbonyl (C=O) groups is 1. The number of hydrogen-bond donors (Lipinski definition) is 6. The minimum absolute atomic E-state index is 0.150. The summed E-state index contributed by atoms with van der Waals surface area (Å²) < 4.78 is 0.999. The molecule has 2 aliphatic heterocycles. The number of pyridine rings is 1. The van der Waals surface area contributed by atoms with E-state index >= 15 is 0 Å². The lowest BCUT2D eigenvalue weighted by Crippen LogP contribution is -2.71. The molecule has 2 fully saturated rings. The Morgan fingerprint density at radius 2 is 2.03 bits per heavy atom. The normalized spacial score (nSPS) is 33.0. The zero-order chi connectivity index (χ0) is 24.8. The van der Waals surface area contributed by atoms with Gasteiger partial charge in [0.25, 0.3) is 0 Å². The lowest BCUT2D eigenvalue weighted by Gasteiger charge is -2.44. The third kappa shape index (κ3) is 4.30. The van der Waals surface area contributed by atoms with Crippen molar-refractivity contribution in [3.63, 3.8) is 0 Å². The van der Waals surface area contributed by atoms with E-state index in [1.54, 1.807) is 6.20 Å². The number of nitrogens with one attached hydrogen (secondary N) is 3. The van der Waals surface area contributed by atoms with E-state index in [2.05, 4.69) is 25.8 Å². The van der Waals surface area contributed by atoms with Crippen LogP contribution < -0.4 is 16.0 Å². The number of carbonyl (C=O) groups excluding carboxylic acids is 1. The third-order valence-corrected chi connectivity index (χ3v) is 8.77. The third-order valence-electron chi connectivity index (χ3n) is 7.65. The van der Waals surface area contributed by atoms with Crippen LogP contribution in [-0.4, -0.2) is 80.0 Å². The van der Waals surface area contributed by atoms with E-state index in [0.29, 0.717) is 18.0 Å². The van der Waals surface area contributed by atoms with Crippen molar-refractivity contribution in [2.75, 3.05) is 13.2 Å². The SMILES string of the molecule is O=C1NC(N2CCc3cnccc3C2)NC(N[C@@H]2C[C@H](CO)[C@@H](O)[C@H]2O)C1c1nc2ccccc2s1. The van der Waals surface area contributed by atoms with Crippen LogP contribution in [0.4, 0.5) is 0 Å². The molecule has 1 aromatic carbocycles. The summed E-state index contributed by atoms with van der Waals surface area (Å²) in [4.78, 5) is 24.8. The maximum Gasteiger partial charge on any atom is 0.235 e. The molecule has 0 radical (unpaired) electrons. The fraction of sp³-hybridized carbons (Fsp3) is 0.480. The fourth-order valence-electron chi connectivity index (χ4n) is 5.62. The van der Waals surface area contributed by atoms with Crippen molar-refractivity contribution in [3.8, 4) is 0 Å². The average Bonchev–Trinajstić information content (AvgIpc) is 3.44. The van der Waals surface area contributed by atoms with Crippen LogP contribution >= 0.6 is 11.3 Å². The molecule has 1 saturated heterocycles. The highest BCUT2D eigenvalue weighted by Gasteiger charge is 2.46. The predicted molar refractivity (Wildman–Crippen MR) is 134 cm³/mol. The molecule has 36 heavy (non-hydrogen) atoms. The highest BCUT2D eigenvalue weighted by molar-refractivity contribution is 7.18. The number of nitrogens with zero attached hydrogens (tertiary/aromatic N) is 3. The first-order valence-corrected chi connectivity index (χ1v) is 13.1. The molecule has 6 rings (SSSR count). The van der Waals surface area contributed by atoms with Crippen LogP contribution in [0.3, 0.4) is 0 Å². The van der Waals surface area contributed by atoms with Crippen LogP contribution in [-0.2, 0) is 17.8 Å². The van der Waals surface area contributed by atoms with Gasteiger partial charge in [0.05, 0.1) is 28.6 Å². The Morgan fingerprint density at radius 1 is 1.17 bits per heavy atom. The van der Waals surface area contributed by atoms with Gasteiger partial charge in [0.1, 0.15) is 17.2 Å². The van der Waals surface area contributed by atoms with Crippen molar-refractivity contribution in [2.24, 2.45) is 5.92 Å². The molecule has 6 N–H and O–H groups in total. The largest absolute Gasteiger partial charge is 0.396 e. The second-order valence-electron chi connectivity index (χ2n) is 9.85. The Balaban J connectivity index is 1.29. The maximum atomic E-state index is 13.6. The van der Waals surface area contributed by atoms with Gasteiger partial charge in [0.15, 0.2) is 0 Å². The second-order valence-corrected chi connectivity index (χ2v) is 10.9. The van der Waals surface area contributed by atoms with Crippen molar-refractivity contribution in [1.29, 1.82) is 0 Å². The Morgan fingerprint density at radius 3 is 2.83 bits per heavy atom. The predicted octanol–water partition coefficient (Wildman–Crippen LogP) is -0.145. The van der Waals surface area contributed by atoms with Gasteiger partial charge in [-0.1, -0.05) is 12.1 Å². The molecule has 4 heterocycles. The Labute approximate surface area is 212 Å². The number of aromatic nitrogens is 2. The van der Waals surface area contributed by atoms with Crippen LogP contribution in [0.2, 0.25) is 0 Å². The van der Waals surface area contributed by atoms with Gasteiger partial charge in [-0.25, -0.2) is 4.98 Å². The lowest BCUT2D eigenvalue weighted by atomic mass is 9.99. The minimum Gasteiger partial charge on any atom is -0.396 e. The lowest BCUT2D eigenvalue weighted by molar-refractivity contribution is -0.130. The van der Waals surface area contributed by atoms with Gasteiger partial charge in [-0.05, 0) is 42.2 Å². The minimum atomic E-state index is -1.04. The molecule has 1 saturated carbocycles. The molecule has 3 unspecified atom stereocenters. The smallest absolute Gasteiger partial charge is 0.235 e. The van der Waals surface area contributed by atoms with Crippen molar-refractivity contribution >= 4 is 27.5 Å². The maximum absolute atomic E-state index is 13.6. The number of amides is 1. The van der Waals surface area contributed by atoms with Crippen LogP contribution in [0, 0.1) is 5.92 Å². The molecule has 0 bridgehead atoms. The molecule has 10 nitrogen and oxygen atoms in total. The molecule has 3 aromatic rings. The quantitative estimate of drug-likeness (QED) is 0.276. The topological polar surface area (TPSA) is 143 Å². The van der Waals surface area contributed by atoms with E-state index in [4.69, 9.17) is 4.98 Å². The molecule has 11 heteroatoms. The number of rotatable bonds is 5. The molecule has 1 aliphatic carbocycles. The monoisotopic (exact) mass is 510 g/mol. The van der Waals surface area contributed by atoms with E-state index < -0.39 is 42.5 Å². The zero-order valence-corrected chi connectivity index (χ0v) is 20.4. The molecule has 7 atom stereocenters. The first-order chi connectivity index (χ1) is 17.5. The summed E-state index contributed by atoms with van der Waals surface area (Å²) in [7, 11) is 0. The highest BCUT2D eigenvalue weighted by Crippen LogP contribution is 2.33. The number of aliphatic hydroxyl groups excluding tert-OH is 3. The summed E-state index contributed by atoms with van der Waals surface area (Å²) in [6.45, 7) is 1.22. The number of fused-ring (bicyclic) bond motifs is 2. The van der Waals surface area contributed by atoms with E-state index in [-0.39, 0.29) is 12.5 Å². The molecule has 2 aromatic heterocycles. The van der Waals surface area contributed by atoms with Crippen LogP contribution in [0.25, 0.3) is 10.2 Å². The fourth-order valence-corrected chi connectivity index (χ4v) is 6.73. The van der Waals surface area contributed by atoms with Crippen LogP contribution in [0.1, 0.15) is 28.5 Å². The van der Waals surface area contributed by atoms with Gasteiger partial charge >= 0.3 is 0 Å². The second kappa shape index (κ2) is 9.75. The summed E-state index contributed by atoms with van der Waals surface area (Å²) in [5.74, 6) is -1.20. The summed E-state index contributed by atoms with van der Waals surface area (Å²) in [6, 6.07) is 9.32. The average molecular weight is 511 g/mol. The van der Waals surface area contributed by atoms with Crippen molar-refractivity contribution < 1.29 is 20.1 Å². The molecule has 190 valence electrons. The molecule has 0 spiro atoms. The molecular weight excluding hydrogens is 480 g/mol. The van der Waals surface area contributed by atoms with E-state index in [1.165, 1.54) is 22.5 Å². The summed E-state index contributed by atoms with van der Waals surface area (Å²) >= 11 is 1.48. The van der Waals surface area contributed by atoms with E-state index in [9.17, 15) is 20.1 Å². The van der Waals surface area contributed by atoms with Crippen LogP contribution in [0.15, 0.2) is 42.7 Å². The van der Waals surface area contributed by atoms with Crippen molar-refractivity contribution in [2.45, 2.75) is 56.0 Å². The Kier molecular flexibility index (Phi) is 6.46. The number of thiazole rings is 1. The van der Waals surface area contributed by atoms with Gasteiger partial charge in [-0.15, -0.1) is 11.3 Å². The molecule has 1 amide bonds. The number of para-hydroxylation sites is 1. The van der Waals surface area contributed by atoms with Gasteiger partial charge < -0.3 is 20.6 Å². The Bertz CT molecular complexity index is 1220. The van der Waals surface area contributed by atoms with Gasteiger partial charge in [0, 0.05) is 44.0 Å². The highest BCUT2D eigenvalue weighted by atomic mass is 32.1. The Hall–Kier alpha value is -2.51. The molecule has 3 aliphatic rings. The molecular formula is C25H30N6O4S. The first kappa shape index (κ1) is 23.9. The summed E-state index contributed by atoms with van der Waals surface area (Å²) in [6.07, 6.45) is 1.91. The number of hydrogen-bond acceptors (Lipinski definition) is 10. The number of aliphatic hydroxyl groups is 3. The standard InChI is InChI=1S/C25H30N6O4S/c32-12-15-9-17(21(34)20(15)33)27-22-19(24-28-16-3-1-2-4-18(16)36-24)23(35)30-25(29-22)31-8-6-13-10-26-7-5-14(13)11-31/h1-5,7,10,15,17,19-22,25,27,29,32-34H,6,8-9,11-12H2,(H,30,35)/t15-,17-,19?,20-,21+,22?,25?/m1/s1. The van der Waals surface area contributed by atoms with E-state index in [0.717, 1.165) is 23.2 Å². The first-order valence-electron chi connectivity index (χ1n) is 12.3. The van der Waals surface area contributed by atoms with Crippen molar-refractivity contribution in [1.82, 2.24) is 30.8 Å². The van der Waals surface area contributed by atoms with Crippen molar-refractivity contribution in [3.05, 3.63) is 58.9 Å². The van der Waals surface area contributed by atoms with Gasteiger partial charge in [-0.2, -0.15) is 0 Å². The summed E-state index contributed by atoms with van der Waals surface area (Å²) in [5, 5.41) is 41.4. The van der Waals surface area contributed by atoms with Gasteiger partial charge in [0.2, 0.25) is 5.91 Å². The van der Waals surface area contributed by atoms with Gasteiger partial charge in [-0.3, -0.25) is 25.3 Å².